The molecule has 2 aromatic heterocycles. The number of carbonyl (C=O) groups excluding carboxylic acids is 2. The Hall–Kier alpha value is -3.66. The largest absolute Gasteiger partial charge is 0.371 e. The molecule has 0 radical (unpaired) electrons. The van der Waals surface area contributed by atoms with Crippen molar-refractivity contribution in [2.75, 3.05) is 50.1 Å². The fourth-order valence-electron chi connectivity index (χ4n) is 4.86. The number of alkyl halides is 1. The van der Waals surface area contributed by atoms with Gasteiger partial charge < -0.3 is 20.0 Å². The molecule has 3 aromatic rings. The van der Waals surface area contributed by atoms with Crippen LogP contribution in [0.2, 0.25) is 5.02 Å². The zero-order chi connectivity index (χ0) is 26.5. The van der Waals surface area contributed by atoms with E-state index in [1.165, 1.54) is 16.4 Å². The lowest BCUT2D eigenvalue weighted by molar-refractivity contribution is -0.144. The molecule has 0 atom stereocenters. The lowest BCUT2D eigenvalue weighted by Gasteiger charge is -2.42. The number of halogens is 2. The molecule has 0 unspecified atom stereocenters. The Morgan fingerprint density at radius 2 is 1.81 bits per heavy atom. The monoisotopic (exact) mass is 526 g/mol. The number of hydrogen-bond donors (Lipinski definition) is 1. The zero-order valence-electron chi connectivity index (χ0n) is 20.9. The van der Waals surface area contributed by atoms with Crippen molar-refractivity contribution >= 4 is 45.8 Å². The van der Waals surface area contributed by atoms with Crippen molar-refractivity contribution in [3.05, 3.63) is 63.0 Å². The predicted octanol–water partition coefficient (Wildman–Crippen LogP) is 2.44. The highest BCUT2D eigenvalue weighted by Crippen LogP contribution is 2.37. The van der Waals surface area contributed by atoms with Gasteiger partial charge in [-0.15, -0.1) is 0 Å². The maximum atomic E-state index is 14.0. The van der Waals surface area contributed by atoms with Crippen LogP contribution in [-0.4, -0.2) is 72.2 Å². The number of amides is 2. The first-order valence-corrected chi connectivity index (χ1v) is 12.4. The normalized spacial score (nSPS) is 16.4. The van der Waals surface area contributed by atoms with Crippen LogP contribution in [-0.2, 0) is 17.9 Å². The molecular formula is C26H28ClFN6O3. The Morgan fingerprint density at radius 1 is 1.14 bits per heavy atom. The summed E-state index contributed by atoms with van der Waals surface area (Å²) < 4.78 is 15.3. The average Bonchev–Trinajstić information content (AvgIpc) is 2.85. The van der Waals surface area contributed by atoms with Crippen LogP contribution in [0.15, 0.2) is 41.3 Å². The van der Waals surface area contributed by atoms with E-state index in [1.54, 1.807) is 36.5 Å². The number of fused-ring (bicyclic) bond motifs is 3. The summed E-state index contributed by atoms with van der Waals surface area (Å²) in [7, 11) is 3.89. The van der Waals surface area contributed by atoms with Crippen LogP contribution in [0.4, 0.5) is 15.8 Å². The van der Waals surface area contributed by atoms with E-state index >= 15 is 0 Å². The van der Waals surface area contributed by atoms with Crippen molar-refractivity contribution in [3.8, 4) is 0 Å². The molecule has 1 aromatic carbocycles. The predicted molar refractivity (Wildman–Crippen MR) is 141 cm³/mol. The molecule has 1 N–H and O–H groups in total. The first-order chi connectivity index (χ1) is 17.5. The van der Waals surface area contributed by atoms with Gasteiger partial charge in [-0.3, -0.25) is 19.0 Å². The van der Waals surface area contributed by atoms with E-state index < -0.39 is 23.0 Å². The van der Waals surface area contributed by atoms with Gasteiger partial charge in [0.25, 0.3) is 11.5 Å². The van der Waals surface area contributed by atoms with Gasteiger partial charge in [0, 0.05) is 44.1 Å². The summed E-state index contributed by atoms with van der Waals surface area (Å²) in [6.07, 6.45) is 1.68. The zero-order valence-corrected chi connectivity index (χ0v) is 21.7. The minimum atomic E-state index is -1.43. The molecule has 4 heterocycles. The number of carbonyl (C=O) groups is 2. The second-order valence-corrected chi connectivity index (χ2v) is 10.4. The van der Waals surface area contributed by atoms with Gasteiger partial charge in [-0.2, -0.15) is 0 Å². The van der Waals surface area contributed by atoms with Gasteiger partial charge in [0.2, 0.25) is 5.91 Å². The van der Waals surface area contributed by atoms with Crippen LogP contribution in [0.1, 0.15) is 22.8 Å². The molecule has 0 aliphatic carbocycles. The molecule has 0 bridgehead atoms. The number of rotatable bonds is 5. The molecule has 1 fully saturated rings. The van der Waals surface area contributed by atoms with Crippen LogP contribution in [0.25, 0.3) is 11.0 Å². The van der Waals surface area contributed by atoms with Crippen molar-refractivity contribution in [2.24, 2.45) is 0 Å². The number of hydrogen-bond acceptors (Lipinski definition) is 6. The number of likely N-dealkylation sites (tertiary alicyclic amines) is 1. The number of likely N-dealkylation sites (N-methyl/N-ethyl adjacent to an activating group) is 2. The topological polar surface area (TPSA) is 90.8 Å². The fourth-order valence-corrected chi connectivity index (χ4v) is 4.98. The third-order valence-electron chi connectivity index (χ3n) is 6.93. The third kappa shape index (κ3) is 4.73. The Kier molecular flexibility index (Phi) is 6.31. The van der Waals surface area contributed by atoms with Gasteiger partial charge in [-0.25, -0.2) is 9.37 Å². The lowest BCUT2D eigenvalue weighted by Crippen LogP contribution is -2.60. The van der Waals surface area contributed by atoms with Crippen molar-refractivity contribution in [1.82, 2.24) is 19.8 Å². The number of nitrogens with zero attached hydrogens (tertiary/aromatic N) is 5. The van der Waals surface area contributed by atoms with Gasteiger partial charge in [0.1, 0.15) is 23.4 Å². The summed E-state index contributed by atoms with van der Waals surface area (Å²) in [6, 6.07) is 8.58. The van der Waals surface area contributed by atoms with E-state index in [0.717, 1.165) is 30.0 Å². The van der Waals surface area contributed by atoms with Gasteiger partial charge in [0.05, 0.1) is 30.7 Å². The second kappa shape index (κ2) is 9.33. The molecular weight excluding hydrogens is 499 g/mol. The van der Waals surface area contributed by atoms with Crippen LogP contribution in [0, 0.1) is 0 Å². The SMILES string of the molecule is CN1CCN(C)c2c1cnc1c2cc(C(=O)NCc2ccc(Cl)cc2)c(=O)n1CC(=O)N1CC(C)(F)C1. The maximum absolute atomic E-state index is 14.0. The highest BCUT2D eigenvalue weighted by Gasteiger charge is 2.41. The summed E-state index contributed by atoms with van der Waals surface area (Å²) in [5.74, 6) is -0.963. The number of nitrogens with one attached hydrogen (secondary N) is 1. The van der Waals surface area contributed by atoms with Gasteiger partial charge in [-0.05, 0) is 30.7 Å². The van der Waals surface area contributed by atoms with E-state index in [4.69, 9.17) is 11.6 Å². The summed E-state index contributed by atoms with van der Waals surface area (Å²) in [5, 5.41) is 3.97. The number of aromatic nitrogens is 2. The number of anilines is 2. The minimum absolute atomic E-state index is 0.0316. The van der Waals surface area contributed by atoms with Crippen molar-refractivity contribution in [1.29, 1.82) is 0 Å². The quantitative estimate of drug-likeness (QED) is 0.549. The smallest absolute Gasteiger partial charge is 0.265 e. The fraction of sp³-hybridized carbons (Fsp3) is 0.385. The minimum Gasteiger partial charge on any atom is -0.371 e. The maximum Gasteiger partial charge on any atom is 0.265 e. The summed E-state index contributed by atoms with van der Waals surface area (Å²) in [5.41, 5.74) is 0.658. The van der Waals surface area contributed by atoms with Gasteiger partial charge in [0.15, 0.2) is 0 Å². The van der Waals surface area contributed by atoms with Crippen molar-refractivity contribution < 1.29 is 14.0 Å². The van der Waals surface area contributed by atoms with E-state index in [9.17, 15) is 18.8 Å². The molecule has 2 aliphatic heterocycles. The Balaban J connectivity index is 1.57. The van der Waals surface area contributed by atoms with Gasteiger partial charge >= 0.3 is 0 Å². The third-order valence-corrected chi connectivity index (χ3v) is 7.18. The number of benzene rings is 1. The Morgan fingerprint density at radius 3 is 2.49 bits per heavy atom. The molecule has 37 heavy (non-hydrogen) atoms. The number of pyridine rings is 2. The molecule has 1 saturated heterocycles. The summed E-state index contributed by atoms with van der Waals surface area (Å²) in [4.78, 5) is 49.8. The van der Waals surface area contributed by atoms with Crippen molar-refractivity contribution in [2.45, 2.75) is 25.7 Å². The van der Waals surface area contributed by atoms with Gasteiger partial charge in [-0.1, -0.05) is 23.7 Å². The Bertz CT molecular complexity index is 1450. The van der Waals surface area contributed by atoms with Crippen molar-refractivity contribution in [3.63, 3.8) is 0 Å². The van der Waals surface area contributed by atoms with Crippen LogP contribution < -0.4 is 20.7 Å². The van der Waals surface area contributed by atoms with E-state index in [2.05, 4.69) is 20.1 Å². The first kappa shape index (κ1) is 25.0. The molecule has 5 rings (SSSR count). The van der Waals surface area contributed by atoms with E-state index in [-0.39, 0.29) is 31.7 Å². The molecule has 11 heteroatoms. The molecule has 194 valence electrons. The highest BCUT2D eigenvalue weighted by molar-refractivity contribution is 6.30. The molecule has 0 spiro atoms. The summed E-state index contributed by atoms with van der Waals surface area (Å²) in [6.45, 7) is 2.76. The average molecular weight is 527 g/mol. The van der Waals surface area contributed by atoms with E-state index in [1.807, 2.05) is 14.1 Å². The molecule has 2 amide bonds. The van der Waals surface area contributed by atoms with Crippen LogP contribution >= 0.6 is 11.6 Å². The first-order valence-electron chi connectivity index (χ1n) is 12.0. The standard InChI is InChI=1S/C26H28ClFN6O3/c1-26(28)14-33(15-26)21(35)13-34-23-18(22-20(12-29-23)31(2)8-9-32(22)3)10-19(25(34)37)24(36)30-11-16-4-6-17(27)7-5-16/h4-7,10,12H,8-9,11,13-15H2,1-3H3,(H,30,36). The lowest BCUT2D eigenvalue weighted by atomic mass is 9.99. The highest BCUT2D eigenvalue weighted by atomic mass is 35.5. The second-order valence-electron chi connectivity index (χ2n) is 9.99. The van der Waals surface area contributed by atoms with E-state index in [0.29, 0.717) is 16.1 Å². The summed E-state index contributed by atoms with van der Waals surface area (Å²) >= 11 is 5.94. The molecule has 0 saturated carbocycles. The van der Waals surface area contributed by atoms with Crippen LogP contribution in [0.3, 0.4) is 0 Å². The molecule has 2 aliphatic rings. The Labute approximate surface area is 218 Å². The molecule has 9 nitrogen and oxygen atoms in total. The van der Waals surface area contributed by atoms with Crippen LogP contribution in [0.5, 0.6) is 0 Å².